The van der Waals surface area contributed by atoms with Crippen molar-refractivity contribution in [2.24, 2.45) is 0 Å². The van der Waals surface area contributed by atoms with E-state index in [0.717, 1.165) is 16.9 Å². The van der Waals surface area contributed by atoms with E-state index < -0.39 is 0 Å². The van der Waals surface area contributed by atoms with Gasteiger partial charge in [0.25, 0.3) is 0 Å². The molecule has 0 saturated heterocycles. The largest absolute Gasteiger partial charge is 0.326 e. The topological polar surface area (TPSA) is 42.0 Å². The molecule has 0 bridgehead atoms. The Morgan fingerprint density at radius 1 is 1.50 bits per heavy atom. The van der Waals surface area contributed by atoms with Crippen molar-refractivity contribution in [3.05, 3.63) is 23.5 Å². The van der Waals surface area contributed by atoms with Crippen LogP contribution in [0.1, 0.15) is 18.2 Å². The molecule has 64 valence electrons. The van der Waals surface area contributed by atoms with Crippen molar-refractivity contribution < 1.29 is 4.79 Å². The van der Waals surface area contributed by atoms with Crippen LogP contribution >= 0.6 is 0 Å². The van der Waals surface area contributed by atoms with Crippen LogP contribution in [0.3, 0.4) is 0 Å². The molecule has 0 fully saturated rings. The van der Waals surface area contributed by atoms with Crippen LogP contribution < -0.4 is 5.32 Å². The molecule has 0 radical (unpaired) electrons. The zero-order valence-electron chi connectivity index (χ0n) is 7.51. The second-order valence-corrected chi connectivity index (χ2v) is 2.75. The highest BCUT2D eigenvalue weighted by Gasteiger charge is 2.01. The third-order valence-electron chi connectivity index (χ3n) is 1.77. The first-order valence-corrected chi connectivity index (χ1v) is 3.81. The summed E-state index contributed by atoms with van der Waals surface area (Å²) in [6, 6.07) is 1.80. The fourth-order valence-electron chi connectivity index (χ4n) is 0.965. The third kappa shape index (κ3) is 1.81. The standard InChI is InChI=1S/C9H12N2O/c1-6-7(2)10-5-4-9(6)11-8(3)12/h4-5H,1-3H3,(H,10,11,12). The van der Waals surface area contributed by atoms with E-state index in [2.05, 4.69) is 10.3 Å². The molecule has 0 aliphatic carbocycles. The molecule has 3 heteroatoms. The number of aryl methyl sites for hydroxylation is 1. The van der Waals surface area contributed by atoms with Crippen LogP contribution in [0.2, 0.25) is 0 Å². The van der Waals surface area contributed by atoms with Crippen molar-refractivity contribution in [3.8, 4) is 0 Å². The number of anilines is 1. The summed E-state index contributed by atoms with van der Waals surface area (Å²) in [5, 5.41) is 2.73. The lowest BCUT2D eigenvalue weighted by atomic mass is 10.2. The summed E-state index contributed by atoms with van der Waals surface area (Å²) in [4.78, 5) is 14.8. The third-order valence-corrected chi connectivity index (χ3v) is 1.77. The van der Waals surface area contributed by atoms with Gasteiger partial charge in [-0.3, -0.25) is 9.78 Å². The number of aromatic nitrogens is 1. The average molecular weight is 164 g/mol. The molecule has 1 rings (SSSR count). The molecule has 1 N–H and O–H groups in total. The molecule has 0 unspecified atom stereocenters. The van der Waals surface area contributed by atoms with Gasteiger partial charge < -0.3 is 5.32 Å². The number of rotatable bonds is 1. The van der Waals surface area contributed by atoms with Gasteiger partial charge >= 0.3 is 0 Å². The van der Waals surface area contributed by atoms with E-state index in [4.69, 9.17) is 0 Å². The number of carbonyl (C=O) groups is 1. The molecule has 0 aromatic carbocycles. The smallest absolute Gasteiger partial charge is 0.221 e. The second-order valence-electron chi connectivity index (χ2n) is 2.75. The van der Waals surface area contributed by atoms with Gasteiger partial charge in [-0.15, -0.1) is 0 Å². The van der Waals surface area contributed by atoms with Gasteiger partial charge in [-0.05, 0) is 25.5 Å². The van der Waals surface area contributed by atoms with Crippen LogP contribution in [0.25, 0.3) is 0 Å². The van der Waals surface area contributed by atoms with Gasteiger partial charge in [-0.2, -0.15) is 0 Å². The lowest BCUT2D eigenvalue weighted by molar-refractivity contribution is -0.114. The average Bonchev–Trinajstić information content (AvgIpc) is 1.98. The number of pyridine rings is 1. The van der Waals surface area contributed by atoms with Crippen molar-refractivity contribution in [1.29, 1.82) is 0 Å². The molecule has 0 aliphatic heterocycles. The molecule has 0 atom stereocenters. The summed E-state index contributed by atoms with van der Waals surface area (Å²) in [7, 11) is 0. The Kier molecular flexibility index (Phi) is 2.43. The van der Waals surface area contributed by atoms with Gasteiger partial charge in [0.15, 0.2) is 0 Å². The Morgan fingerprint density at radius 3 is 2.75 bits per heavy atom. The maximum absolute atomic E-state index is 10.7. The number of hydrogen-bond donors (Lipinski definition) is 1. The predicted molar refractivity (Wildman–Crippen MR) is 48.0 cm³/mol. The summed E-state index contributed by atoms with van der Waals surface area (Å²) >= 11 is 0. The van der Waals surface area contributed by atoms with Crippen molar-refractivity contribution in [2.45, 2.75) is 20.8 Å². The number of amides is 1. The van der Waals surface area contributed by atoms with Crippen molar-refractivity contribution >= 4 is 11.6 Å². The molecule has 1 aromatic heterocycles. The number of carbonyl (C=O) groups excluding carboxylic acids is 1. The highest BCUT2D eigenvalue weighted by molar-refractivity contribution is 5.89. The molecular weight excluding hydrogens is 152 g/mol. The summed E-state index contributed by atoms with van der Waals surface area (Å²) in [6.07, 6.45) is 1.69. The first-order valence-electron chi connectivity index (χ1n) is 3.81. The highest BCUT2D eigenvalue weighted by atomic mass is 16.1. The van der Waals surface area contributed by atoms with Gasteiger partial charge in [-0.25, -0.2) is 0 Å². The monoisotopic (exact) mass is 164 g/mol. The summed E-state index contributed by atoms with van der Waals surface area (Å²) in [5.74, 6) is -0.0521. The SMILES string of the molecule is CC(=O)Nc1ccnc(C)c1C. The zero-order chi connectivity index (χ0) is 9.14. The number of nitrogens with zero attached hydrogens (tertiary/aromatic N) is 1. The fraction of sp³-hybridized carbons (Fsp3) is 0.333. The fourth-order valence-corrected chi connectivity index (χ4v) is 0.965. The molecule has 0 saturated carbocycles. The highest BCUT2D eigenvalue weighted by Crippen LogP contribution is 2.15. The number of nitrogens with one attached hydrogen (secondary N) is 1. The minimum absolute atomic E-state index is 0.0521. The normalized spacial score (nSPS) is 9.58. The van der Waals surface area contributed by atoms with E-state index >= 15 is 0 Å². The maximum atomic E-state index is 10.7. The van der Waals surface area contributed by atoms with E-state index in [1.807, 2.05) is 13.8 Å². The molecule has 1 heterocycles. The zero-order valence-corrected chi connectivity index (χ0v) is 7.51. The first-order chi connectivity index (χ1) is 5.61. The first kappa shape index (κ1) is 8.71. The molecule has 12 heavy (non-hydrogen) atoms. The Bertz CT molecular complexity index is 307. The van der Waals surface area contributed by atoms with E-state index in [9.17, 15) is 4.79 Å². The van der Waals surface area contributed by atoms with Gasteiger partial charge in [0.05, 0.1) is 0 Å². The molecule has 1 aromatic rings. The van der Waals surface area contributed by atoms with E-state index in [1.165, 1.54) is 6.92 Å². The van der Waals surface area contributed by atoms with Gasteiger partial charge in [-0.1, -0.05) is 0 Å². The van der Waals surface area contributed by atoms with Crippen LogP contribution in [0, 0.1) is 13.8 Å². The molecule has 3 nitrogen and oxygen atoms in total. The number of hydrogen-bond acceptors (Lipinski definition) is 2. The second kappa shape index (κ2) is 3.34. The summed E-state index contributed by atoms with van der Waals surface area (Å²) < 4.78 is 0. The Morgan fingerprint density at radius 2 is 2.17 bits per heavy atom. The quantitative estimate of drug-likeness (QED) is 0.685. The molecule has 0 aliphatic rings. The van der Waals surface area contributed by atoms with Gasteiger partial charge in [0.2, 0.25) is 5.91 Å². The minimum Gasteiger partial charge on any atom is -0.326 e. The molecule has 1 amide bonds. The Balaban J connectivity index is 3.00. The van der Waals surface area contributed by atoms with Crippen molar-refractivity contribution in [2.75, 3.05) is 5.32 Å². The van der Waals surface area contributed by atoms with E-state index in [1.54, 1.807) is 12.3 Å². The van der Waals surface area contributed by atoms with E-state index in [-0.39, 0.29) is 5.91 Å². The van der Waals surface area contributed by atoms with Crippen LogP contribution in [-0.4, -0.2) is 10.9 Å². The Labute approximate surface area is 71.8 Å². The Hall–Kier alpha value is -1.38. The molecular formula is C9H12N2O. The van der Waals surface area contributed by atoms with Crippen LogP contribution in [0.5, 0.6) is 0 Å². The van der Waals surface area contributed by atoms with Gasteiger partial charge in [0, 0.05) is 24.5 Å². The van der Waals surface area contributed by atoms with Crippen molar-refractivity contribution in [1.82, 2.24) is 4.98 Å². The van der Waals surface area contributed by atoms with Gasteiger partial charge in [0.1, 0.15) is 0 Å². The summed E-state index contributed by atoms with van der Waals surface area (Å²) in [6.45, 7) is 5.35. The lowest BCUT2D eigenvalue weighted by Crippen LogP contribution is -2.07. The summed E-state index contributed by atoms with van der Waals surface area (Å²) in [5.41, 5.74) is 2.81. The minimum atomic E-state index is -0.0521. The lowest BCUT2D eigenvalue weighted by Gasteiger charge is -2.06. The predicted octanol–water partition coefficient (Wildman–Crippen LogP) is 1.66. The van der Waals surface area contributed by atoms with Crippen molar-refractivity contribution in [3.63, 3.8) is 0 Å². The maximum Gasteiger partial charge on any atom is 0.221 e. The van der Waals surface area contributed by atoms with Crippen LogP contribution in [-0.2, 0) is 4.79 Å². The molecule has 0 spiro atoms. The van der Waals surface area contributed by atoms with E-state index in [0.29, 0.717) is 0 Å². The van der Waals surface area contributed by atoms with Crippen LogP contribution in [0.15, 0.2) is 12.3 Å². The van der Waals surface area contributed by atoms with Crippen LogP contribution in [0.4, 0.5) is 5.69 Å².